The summed E-state index contributed by atoms with van der Waals surface area (Å²) in [7, 11) is -3.52. The predicted octanol–water partition coefficient (Wildman–Crippen LogP) is 2.72. The van der Waals surface area contributed by atoms with Gasteiger partial charge in [0.2, 0.25) is 0 Å². The van der Waals surface area contributed by atoms with Crippen LogP contribution in [0, 0.1) is 5.92 Å². The van der Waals surface area contributed by atoms with Gasteiger partial charge in [0.25, 0.3) is 10.0 Å². The van der Waals surface area contributed by atoms with Crippen molar-refractivity contribution in [3.8, 4) is 0 Å². The normalized spacial score (nSPS) is 12.3. The third-order valence-electron chi connectivity index (χ3n) is 2.32. The smallest absolute Gasteiger partial charge is 0.252 e. The summed E-state index contributed by atoms with van der Waals surface area (Å²) in [6.45, 7) is 4.65. The second kappa shape index (κ2) is 6.99. The summed E-state index contributed by atoms with van der Waals surface area (Å²) in [5.74, 6) is 0.219. The van der Waals surface area contributed by atoms with Crippen molar-refractivity contribution in [3.63, 3.8) is 0 Å². The number of halogens is 1. The lowest BCUT2D eigenvalue weighted by Gasteiger charge is -2.23. The van der Waals surface area contributed by atoms with Gasteiger partial charge in [-0.15, -0.1) is 11.3 Å². The maximum Gasteiger partial charge on any atom is 0.252 e. The van der Waals surface area contributed by atoms with Crippen molar-refractivity contribution in [1.29, 1.82) is 0 Å². The second-order valence-corrected chi connectivity index (χ2v) is 8.94. The van der Waals surface area contributed by atoms with Gasteiger partial charge in [-0.2, -0.15) is 4.31 Å². The molecule has 108 valence electrons. The molecule has 0 fully saturated rings. The molecule has 0 spiro atoms. The molecule has 0 saturated heterocycles. The van der Waals surface area contributed by atoms with Crippen LogP contribution in [-0.2, 0) is 10.0 Å². The monoisotopic (exact) mass is 340 g/mol. The van der Waals surface area contributed by atoms with E-state index >= 15 is 0 Å². The van der Waals surface area contributed by atoms with Crippen LogP contribution in [0.2, 0.25) is 4.34 Å². The minimum absolute atomic E-state index is 0.219. The lowest BCUT2D eigenvalue weighted by Crippen LogP contribution is -2.36. The molecular weight excluding hydrogens is 324 g/mol. The molecule has 1 heterocycles. The zero-order valence-electron chi connectivity index (χ0n) is 10.8. The van der Waals surface area contributed by atoms with E-state index in [0.717, 1.165) is 11.3 Å². The van der Waals surface area contributed by atoms with Crippen molar-refractivity contribution in [3.05, 3.63) is 16.5 Å². The molecule has 0 aliphatic carbocycles. The summed E-state index contributed by atoms with van der Waals surface area (Å²) in [5.41, 5.74) is 5.45. The molecular formula is C11H17ClN2O2S3. The molecule has 0 unspecified atom stereocenters. The third kappa shape index (κ3) is 5.00. The second-order valence-electron chi connectivity index (χ2n) is 4.53. The van der Waals surface area contributed by atoms with Crippen molar-refractivity contribution in [2.24, 2.45) is 11.7 Å². The SMILES string of the molecule is CC(C)CN(CCC(N)=S)S(=O)(=O)c1ccc(Cl)s1. The van der Waals surface area contributed by atoms with Gasteiger partial charge < -0.3 is 5.73 Å². The average molecular weight is 341 g/mol. The zero-order chi connectivity index (χ0) is 14.6. The van der Waals surface area contributed by atoms with E-state index in [-0.39, 0.29) is 10.1 Å². The first-order valence-electron chi connectivity index (χ1n) is 5.77. The van der Waals surface area contributed by atoms with E-state index in [1.165, 1.54) is 10.4 Å². The van der Waals surface area contributed by atoms with Crippen LogP contribution in [-0.4, -0.2) is 30.8 Å². The van der Waals surface area contributed by atoms with Crippen LogP contribution in [0.3, 0.4) is 0 Å². The Balaban J connectivity index is 2.98. The number of nitrogens with zero attached hydrogens (tertiary/aromatic N) is 1. The Bertz CT molecular complexity index is 540. The fourth-order valence-electron chi connectivity index (χ4n) is 1.52. The quantitative estimate of drug-likeness (QED) is 0.775. The summed E-state index contributed by atoms with van der Waals surface area (Å²) >= 11 is 11.7. The zero-order valence-corrected chi connectivity index (χ0v) is 14.0. The van der Waals surface area contributed by atoms with E-state index in [1.807, 2.05) is 13.8 Å². The Hall–Kier alpha value is -0.210. The van der Waals surface area contributed by atoms with Crippen LogP contribution in [0.5, 0.6) is 0 Å². The topological polar surface area (TPSA) is 63.4 Å². The fraction of sp³-hybridized carbons (Fsp3) is 0.545. The third-order valence-corrected chi connectivity index (χ3v) is 6.09. The van der Waals surface area contributed by atoms with Gasteiger partial charge in [-0.25, -0.2) is 8.42 Å². The molecule has 2 N–H and O–H groups in total. The molecule has 0 radical (unpaired) electrons. The first-order valence-corrected chi connectivity index (χ1v) is 8.81. The van der Waals surface area contributed by atoms with Crippen LogP contribution in [0.15, 0.2) is 16.3 Å². The van der Waals surface area contributed by atoms with E-state index in [0.29, 0.717) is 28.8 Å². The number of sulfonamides is 1. The Kier molecular flexibility index (Phi) is 6.19. The van der Waals surface area contributed by atoms with Crippen LogP contribution in [0.4, 0.5) is 0 Å². The van der Waals surface area contributed by atoms with E-state index < -0.39 is 10.0 Å². The highest BCUT2D eigenvalue weighted by Crippen LogP contribution is 2.28. The van der Waals surface area contributed by atoms with Gasteiger partial charge in [0.05, 0.1) is 9.32 Å². The molecule has 0 aromatic carbocycles. The van der Waals surface area contributed by atoms with Gasteiger partial charge in [0.1, 0.15) is 4.21 Å². The van der Waals surface area contributed by atoms with Gasteiger partial charge in [-0.05, 0) is 18.1 Å². The van der Waals surface area contributed by atoms with Crippen molar-refractivity contribution in [2.75, 3.05) is 13.1 Å². The Morgan fingerprint density at radius 3 is 2.58 bits per heavy atom. The average Bonchev–Trinajstić information content (AvgIpc) is 2.70. The number of rotatable bonds is 7. The molecule has 0 amide bonds. The van der Waals surface area contributed by atoms with Crippen molar-refractivity contribution in [1.82, 2.24) is 4.31 Å². The van der Waals surface area contributed by atoms with Crippen LogP contribution >= 0.6 is 35.2 Å². The van der Waals surface area contributed by atoms with E-state index in [4.69, 9.17) is 29.6 Å². The molecule has 0 atom stereocenters. The van der Waals surface area contributed by atoms with Gasteiger partial charge >= 0.3 is 0 Å². The Morgan fingerprint density at radius 2 is 2.16 bits per heavy atom. The van der Waals surface area contributed by atoms with Crippen LogP contribution in [0.25, 0.3) is 0 Å². The van der Waals surface area contributed by atoms with Gasteiger partial charge in [-0.1, -0.05) is 37.7 Å². The number of thiophene rings is 1. The summed E-state index contributed by atoms with van der Waals surface area (Å²) < 4.78 is 27.1. The Labute approximate surface area is 128 Å². The van der Waals surface area contributed by atoms with Gasteiger partial charge in [0.15, 0.2) is 0 Å². The van der Waals surface area contributed by atoms with Crippen LogP contribution < -0.4 is 5.73 Å². The Morgan fingerprint density at radius 1 is 1.53 bits per heavy atom. The molecule has 19 heavy (non-hydrogen) atoms. The molecule has 0 aliphatic heterocycles. The molecule has 0 bridgehead atoms. The molecule has 8 heteroatoms. The lowest BCUT2D eigenvalue weighted by molar-refractivity contribution is 0.375. The first kappa shape index (κ1) is 16.8. The van der Waals surface area contributed by atoms with Gasteiger partial charge in [-0.3, -0.25) is 0 Å². The maximum absolute atomic E-state index is 12.5. The summed E-state index contributed by atoms with van der Waals surface area (Å²) in [6, 6.07) is 3.11. The highest BCUT2D eigenvalue weighted by Gasteiger charge is 2.26. The van der Waals surface area contributed by atoms with E-state index in [2.05, 4.69) is 0 Å². The molecule has 1 aromatic heterocycles. The highest BCUT2D eigenvalue weighted by molar-refractivity contribution is 7.91. The van der Waals surface area contributed by atoms with E-state index in [1.54, 1.807) is 6.07 Å². The fourth-order valence-corrected chi connectivity index (χ4v) is 4.85. The summed E-state index contributed by atoms with van der Waals surface area (Å²) in [6.07, 6.45) is 0.375. The predicted molar refractivity (Wildman–Crippen MR) is 84.3 cm³/mol. The largest absolute Gasteiger partial charge is 0.393 e. The molecule has 1 rings (SSSR count). The maximum atomic E-state index is 12.5. The number of hydrogen-bond acceptors (Lipinski definition) is 4. The van der Waals surface area contributed by atoms with Crippen LogP contribution in [0.1, 0.15) is 20.3 Å². The van der Waals surface area contributed by atoms with Gasteiger partial charge in [0, 0.05) is 19.5 Å². The minimum atomic E-state index is -3.52. The molecule has 1 aromatic rings. The number of hydrogen-bond donors (Lipinski definition) is 1. The summed E-state index contributed by atoms with van der Waals surface area (Å²) in [4.78, 5) is 0.313. The summed E-state index contributed by atoms with van der Waals surface area (Å²) in [5, 5.41) is 0. The van der Waals surface area contributed by atoms with Crippen molar-refractivity contribution >= 4 is 50.2 Å². The molecule has 0 aliphatic rings. The number of thiocarbonyl (C=S) groups is 1. The van der Waals surface area contributed by atoms with E-state index in [9.17, 15) is 8.42 Å². The standard InChI is InChI=1S/C11H17ClN2O2S3/c1-8(2)7-14(6-5-10(13)17)19(15,16)11-4-3-9(12)18-11/h3-4,8H,5-7H2,1-2H3,(H2,13,17). The minimum Gasteiger partial charge on any atom is -0.393 e. The highest BCUT2D eigenvalue weighted by atomic mass is 35.5. The lowest BCUT2D eigenvalue weighted by atomic mass is 10.2. The van der Waals surface area contributed by atoms with Crippen molar-refractivity contribution in [2.45, 2.75) is 24.5 Å². The molecule has 0 saturated carbocycles. The molecule has 4 nitrogen and oxygen atoms in total. The first-order chi connectivity index (χ1) is 8.73. The van der Waals surface area contributed by atoms with Crippen molar-refractivity contribution < 1.29 is 8.42 Å². The number of nitrogens with two attached hydrogens (primary N) is 1.